The van der Waals surface area contributed by atoms with Crippen LogP contribution in [-0.4, -0.2) is 4.92 Å². The molecule has 1 heterocycles. The van der Waals surface area contributed by atoms with E-state index in [-0.39, 0.29) is 10.6 Å². The normalized spacial score (nSPS) is 11.2. The Labute approximate surface area is 120 Å². The summed E-state index contributed by atoms with van der Waals surface area (Å²) in [5.74, 6) is 0. The molecule has 2 aromatic carbocycles. The van der Waals surface area contributed by atoms with Crippen LogP contribution in [0, 0.1) is 10.1 Å². The molecular weight excluding hydrogens is 270 g/mol. The van der Waals surface area contributed by atoms with Gasteiger partial charge in [-0.2, -0.15) is 0 Å². The van der Waals surface area contributed by atoms with Gasteiger partial charge in [-0.25, -0.2) is 0 Å². The molecule has 98 valence electrons. The molecule has 0 N–H and O–H groups in total. The highest BCUT2D eigenvalue weighted by molar-refractivity contribution is 7.19. The van der Waals surface area contributed by atoms with E-state index >= 15 is 0 Å². The first-order valence-corrected chi connectivity index (χ1v) is 6.96. The second-order valence-corrected chi connectivity index (χ2v) is 5.45. The quantitative estimate of drug-likeness (QED) is 0.502. The molecule has 0 aliphatic heterocycles. The summed E-state index contributed by atoms with van der Waals surface area (Å²) in [5.41, 5.74) is 0.750. The van der Waals surface area contributed by atoms with Crippen LogP contribution in [0.15, 0.2) is 54.6 Å². The number of benzene rings is 2. The van der Waals surface area contributed by atoms with Gasteiger partial charge in [-0.15, -0.1) is 11.3 Å². The number of nitro groups is 1. The summed E-state index contributed by atoms with van der Waals surface area (Å²) >= 11 is 1.67. The van der Waals surface area contributed by atoms with Crippen molar-refractivity contribution < 1.29 is 4.92 Å². The summed E-state index contributed by atoms with van der Waals surface area (Å²) in [6.45, 7) is 0. The van der Waals surface area contributed by atoms with Gasteiger partial charge in [0.25, 0.3) is 5.69 Å². The summed E-state index contributed by atoms with van der Waals surface area (Å²) in [6, 6.07) is 17.0. The zero-order valence-electron chi connectivity index (χ0n) is 10.5. The van der Waals surface area contributed by atoms with E-state index in [9.17, 15) is 10.1 Å². The number of thiophene rings is 1. The van der Waals surface area contributed by atoms with Crippen molar-refractivity contribution in [2.75, 3.05) is 0 Å². The topological polar surface area (TPSA) is 43.1 Å². The lowest BCUT2D eigenvalue weighted by Gasteiger charge is -1.95. The predicted molar refractivity (Wildman–Crippen MR) is 83.8 cm³/mol. The Morgan fingerprint density at radius 2 is 1.75 bits per heavy atom. The van der Waals surface area contributed by atoms with Crippen molar-refractivity contribution in [3.05, 3.63) is 75.2 Å². The van der Waals surface area contributed by atoms with Gasteiger partial charge in [0.2, 0.25) is 0 Å². The summed E-state index contributed by atoms with van der Waals surface area (Å²) in [4.78, 5) is 11.7. The molecule has 0 unspecified atom stereocenters. The molecule has 0 bridgehead atoms. The van der Waals surface area contributed by atoms with Crippen LogP contribution in [0.2, 0.25) is 0 Å². The molecule has 0 amide bonds. The van der Waals surface area contributed by atoms with Gasteiger partial charge in [-0.3, -0.25) is 10.1 Å². The molecule has 0 saturated heterocycles. The molecule has 0 saturated carbocycles. The third-order valence-electron chi connectivity index (χ3n) is 3.01. The van der Waals surface area contributed by atoms with Crippen LogP contribution in [0.3, 0.4) is 0 Å². The number of para-hydroxylation sites is 1. The number of nitro benzene ring substituents is 1. The Bertz CT molecular complexity index is 772. The lowest BCUT2D eigenvalue weighted by molar-refractivity contribution is -0.385. The van der Waals surface area contributed by atoms with Gasteiger partial charge in [0, 0.05) is 15.6 Å². The SMILES string of the molecule is O=[N+]([O-])c1ccccc1/C=C/c1cc2ccccc2s1. The first kappa shape index (κ1) is 12.6. The molecule has 0 atom stereocenters. The molecule has 0 aliphatic carbocycles. The molecule has 20 heavy (non-hydrogen) atoms. The van der Waals surface area contributed by atoms with Gasteiger partial charge in [0.1, 0.15) is 0 Å². The fourth-order valence-electron chi connectivity index (χ4n) is 2.05. The highest BCUT2D eigenvalue weighted by atomic mass is 32.1. The number of rotatable bonds is 3. The molecule has 0 spiro atoms. The third-order valence-corrected chi connectivity index (χ3v) is 4.09. The molecule has 4 heteroatoms. The van der Waals surface area contributed by atoms with E-state index in [1.54, 1.807) is 35.6 Å². The van der Waals surface area contributed by atoms with Crippen LogP contribution in [0.4, 0.5) is 5.69 Å². The highest BCUT2D eigenvalue weighted by Crippen LogP contribution is 2.27. The zero-order valence-corrected chi connectivity index (χ0v) is 11.3. The van der Waals surface area contributed by atoms with Crippen molar-refractivity contribution in [2.45, 2.75) is 0 Å². The first-order valence-electron chi connectivity index (χ1n) is 6.14. The Hall–Kier alpha value is -2.46. The molecular formula is C16H11NO2S. The van der Waals surface area contributed by atoms with Gasteiger partial charge < -0.3 is 0 Å². The fraction of sp³-hybridized carbons (Fsp3) is 0. The molecule has 0 fully saturated rings. The minimum Gasteiger partial charge on any atom is -0.258 e. The van der Waals surface area contributed by atoms with Crippen LogP contribution >= 0.6 is 11.3 Å². The van der Waals surface area contributed by atoms with Crippen molar-refractivity contribution >= 4 is 39.3 Å². The van der Waals surface area contributed by atoms with E-state index in [4.69, 9.17) is 0 Å². The van der Waals surface area contributed by atoms with Crippen molar-refractivity contribution in [1.29, 1.82) is 0 Å². The maximum absolute atomic E-state index is 10.9. The predicted octanol–water partition coefficient (Wildman–Crippen LogP) is 4.98. The molecule has 0 radical (unpaired) electrons. The maximum Gasteiger partial charge on any atom is 0.276 e. The molecule has 3 nitrogen and oxygen atoms in total. The first-order chi connectivity index (χ1) is 9.74. The van der Waals surface area contributed by atoms with Crippen LogP contribution < -0.4 is 0 Å². The van der Waals surface area contributed by atoms with E-state index in [0.29, 0.717) is 5.56 Å². The van der Waals surface area contributed by atoms with Crippen molar-refractivity contribution in [3.63, 3.8) is 0 Å². The second kappa shape index (κ2) is 5.27. The highest BCUT2D eigenvalue weighted by Gasteiger charge is 2.09. The fourth-order valence-corrected chi connectivity index (χ4v) is 3.02. The largest absolute Gasteiger partial charge is 0.276 e. The van der Waals surface area contributed by atoms with Gasteiger partial charge in [-0.1, -0.05) is 30.3 Å². The summed E-state index contributed by atoms with van der Waals surface area (Å²) in [7, 11) is 0. The van der Waals surface area contributed by atoms with Crippen LogP contribution in [0.5, 0.6) is 0 Å². The number of nitrogens with zero attached hydrogens (tertiary/aromatic N) is 1. The van der Waals surface area contributed by atoms with Gasteiger partial charge in [-0.05, 0) is 35.7 Å². The lowest BCUT2D eigenvalue weighted by Crippen LogP contribution is -1.90. The average molecular weight is 281 g/mol. The van der Waals surface area contributed by atoms with Gasteiger partial charge in [0.05, 0.1) is 10.5 Å². The Kier molecular flexibility index (Phi) is 3.31. The number of hydrogen-bond donors (Lipinski definition) is 0. The monoisotopic (exact) mass is 281 g/mol. The minimum atomic E-state index is -0.357. The van der Waals surface area contributed by atoms with Crippen LogP contribution in [-0.2, 0) is 0 Å². The molecule has 0 aliphatic rings. The van der Waals surface area contributed by atoms with Crippen molar-refractivity contribution in [2.24, 2.45) is 0 Å². The van der Waals surface area contributed by atoms with E-state index in [1.165, 1.54) is 16.2 Å². The van der Waals surface area contributed by atoms with E-state index in [2.05, 4.69) is 18.2 Å². The van der Waals surface area contributed by atoms with Crippen molar-refractivity contribution in [3.8, 4) is 0 Å². The standard InChI is InChI=1S/C16H11NO2S/c18-17(19)15-7-3-1-5-12(15)9-10-14-11-13-6-2-4-8-16(13)20-14/h1-11H/b10-9+. The van der Waals surface area contributed by atoms with Crippen LogP contribution in [0.25, 0.3) is 22.2 Å². The van der Waals surface area contributed by atoms with Crippen LogP contribution in [0.1, 0.15) is 10.4 Å². The number of fused-ring (bicyclic) bond motifs is 1. The number of hydrogen-bond acceptors (Lipinski definition) is 3. The summed E-state index contributed by atoms with van der Waals surface area (Å²) in [5, 5.41) is 12.1. The smallest absolute Gasteiger partial charge is 0.258 e. The van der Waals surface area contributed by atoms with E-state index in [1.807, 2.05) is 18.2 Å². The van der Waals surface area contributed by atoms with E-state index in [0.717, 1.165) is 4.88 Å². The van der Waals surface area contributed by atoms with Crippen molar-refractivity contribution in [1.82, 2.24) is 0 Å². The summed E-state index contributed by atoms with van der Waals surface area (Å²) < 4.78 is 1.22. The van der Waals surface area contributed by atoms with E-state index < -0.39 is 0 Å². The molecule has 1 aromatic heterocycles. The summed E-state index contributed by atoms with van der Waals surface area (Å²) in [6.07, 6.45) is 3.72. The maximum atomic E-state index is 10.9. The molecule has 3 rings (SSSR count). The lowest BCUT2D eigenvalue weighted by atomic mass is 10.1. The average Bonchev–Trinajstić information content (AvgIpc) is 2.88. The van der Waals surface area contributed by atoms with Gasteiger partial charge in [0.15, 0.2) is 0 Å². The Morgan fingerprint density at radius 1 is 1.00 bits per heavy atom. The van der Waals surface area contributed by atoms with Gasteiger partial charge >= 0.3 is 0 Å². The Morgan fingerprint density at radius 3 is 2.55 bits per heavy atom. The molecule has 3 aromatic rings. The third kappa shape index (κ3) is 2.46. The Balaban J connectivity index is 1.96. The minimum absolute atomic E-state index is 0.130. The zero-order chi connectivity index (χ0) is 13.9. The second-order valence-electron chi connectivity index (χ2n) is 4.34.